The van der Waals surface area contributed by atoms with Crippen molar-refractivity contribution in [2.45, 2.75) is 46.2 Å². The lowest BCUT2D eigenvalue weighted by Crippen LogP contribution is -2.35. The summed E-state index contributed by atoms with van der Waals surface area (Å²) in [6.45, 7) is 13.7. The number of ether oxygens (including phenoxy) is 1. The smallest absolute Gasteiger partial charge is 0.142 e. The van der Waals surface area contributed by atoms with Crippen molar-refractivity contribution in [3.05, 3.63) is 40.9 Å². The van der Waals surface area contributed by atoms with Crippen LogP contribution in [-0.2, 0) is 6.54 Å². The van der Waals surface area contributed by atoms with Gasteiger partial charge in [-0.05, 0) is 38.8 Å². The first-order chi connectivity index (χ1) is 8.83. The molecule has 1 N–H and O–H groups in total. The monoisotopic (exact) mass is 281 g/mol. The van der Waals surface area contributed by atoms with Gasteiger partial charge >= 0.3 is 0 Å². The van der Waals surface area contributed by atoms with E-state index in [0.717, 1.165) is 29.9 Å². The topological polar surface area (TPSA) is 21.3 Å². The predicted molar refractivity (Wildman–Crippen MR) is 83.0 cm³/mol. The maximum absolute atomic E-state index is 6.22. The maximum atomic E-state index is 6.22. The van der Waals surface area contributed by atoms with E-state index in [9.17, 15) is 0 Å². The molecule has 1 rings (SSSR count). The molecule has 2 nitrogen and oxygen atoms in total. The van der Waals surface area contributed by atoms with Gasteiger partial charge in [0, 0.05) is 17.6 Å². The molecule has 1 aromatic carbocycles. The van der Waals surface area contributed by atoms with Crippen molar-refractivity contribution in [3.8, 4) is 5.75 Å². The van der Waals surface area contributed by atoms with Crippen LogP contribution in [0.2, 0.25) is 5.02 Å². The summed E-state index contributed by atoms with van der Waals surface area (Å²) >= 11 is 6.22. The minimum atomic E-state index is 0.0621. The third-order valence-electron chi connectivity index (χ3n) is 2.78. The van der Waals surface area contributed by atoms with Gasteiger partial charge in [-0.1, -0.05) is 37.2 Å². The molecule has 0 aromatic heterocycles. The summed E-state index contributed by atoms with van der Waals surface area (Å²) in [5.41, 5.74) is 2.20. The molecule has 1 aromatic rings. The Hall–Kier alpha value is -0.990. The number of nitrogens with one attached hydrogen (secondary N) is 1. The average Bonchev–Trinajstić information content (AvgIpc) is 2.33. The van der Waals surface area contributed by atoms with Gasteiger partial charge < -0.3 is 10.1 Å². The molecule has 106 valence electrons. The Morgan fingerprint density at radius 1 is 1.37 bits per heavy atom. The van der Waals surface area contributed by atoms with Gasteiger partial charge in [-0.3, -0.25) is 0 Å². The van der Waals surface area contributed by atoms with Crippen molar-refractivity contribution in [2.75, 3.05) is 6.61 Å². The number of hydrogen-bond donors (Lipinski definition) is 1. The van der Waals surface area contributed by atoms with Crippen molar-refractivity contribution in [1.29, 1.82) is 0 Å². The first-order valence-corrected chi connectivity index (χ1v) is 7.03. The van der Waals surface area contributed by atoms with Gasteiger partial charge in [0.2, 0.25) is 0 Å². The van der Waals surface area contributed by atoms with Gasteiger partial charge in [0.05, 0.1) is 5.02 Å². The standard InChI is InChI=1S/C16H24ClNO/c1-6-12(2)11-19-15-13(8-7-9-14(15)17)10-18-16(3,4)5/h7-9,18H,2,6,10-11H2,1,3-5H3. The first-order valence-electron chi connectivity index (χ1n) is 6.65. The van der Waals surface area contributed by atoms with E-state index in [-0.39, 0.29) is 5.54 Å². The van der Waals surface area contributed by atoms with Crippen molar-refractivity contribution < 1.29 is 4.74 Å². The molecule has 0 aliphatic heterocycles. The zero-order chi connectivity index (χ0) is 14.5. The SMILES string of the molecule is C=C(CC)COc1c(Cl)cccc1CNC(C)(C)C. The fourth-order valence-corrected chi connectivity index (χ4v) is 1.74. The van der Waals surface area contributed by atoms with Crippen LogP contribution in [0.5, 0.6) is 5.75 Å². The van der Waals surface area contributed by atoms with Gasteiger partial charge in [0.15, 0.2) is 0 Å². The molecule has 0 bridgehead atoms. The molecule has 0 atom stereocenters. The second kappa shape index (κ2) is 6.97. The fourth-order valence-electron chi connectivity index (χ4n) is 1.49. The second-order valence-electron chi connectivity index (χ2n) is 5.72. The van der Waals surface area contributed by atoms with E-state index in [1.54, 1.807) is 0 Å². The van der Waals surface area contributed by atoms with Crippen molar-refractivity contribution in [3.63, 3.8) is 0 Å². The Morgan fingerprint density at radius 3 is 2.63 bits per heavy atom. The lowest BCUT2D eigenvalue weighted by Gasteiger charge is -2.22. The minimum absolute atomic E-state index is 0.0621. The highest BCUT2D eigenvalue weighted by Gasteiger charge is 2.13. The summed E-state index contributed by atoms with van der Waals surface area (Å²) < 4.78 is 5.81. The molecule has 19 heavy (non-hydrogen) atoms. The summed E-state index contributed by atoms with van der Waals surface area (Å²) in [6.07, 6.45) is 0.917. The van der Waals surface area contributed by atoms with Gasteiger partial charge in [0.1, 0.15) is 12.4 Å². The molecular weight excluding hydrogens is 258 g/mol. The lowest BCUT2D eigenvalue weighted by molar-refractivity contribution is 0.340. The molecule has 0 aliphatic carbocycles. The van der Waals surface area contributed by atoms with Crippen LogP contribution >= 0.6 is 11.6 Å². The molecule has 0 saturated carbocycles. The molecule has 0 radical (unpaired) electrons. The van der Waals surface area contributed by atoms with Gasteiger partial charge in [-0.2, -0.15) is 0 Å². The predicted octanol–water partition coefficient (Wildman–Crippen LogP) is 4.57. The fraction of sp³-hybridized carbons (Fsp3) is 0.500. The Morgan fingerprint density at radius 2 is 2.05 bits per heavy atom. The largest absolute Gasteiger partial charge is 0.487 e. The van der Waals surface area contributed by atoms with Gasteiger partial charge in [0.25, 0.3) is 0 Å². The molecule has 0 aliphatic rings. The zero-order valence-corrected chi connectivity index (χ0v) is 13.1. The molecule has 0 saturated heterocycles. The number of halogens is 1. The van der Waals surface area contributed by atoms with Crippen LogP contribution in [0.3, 0.4) is 0 Å². The maximum Gasteiger partial charge on any atom is 0.142 e. The van der Waals surface area contributed by atoms with Crippen molar-refractivity contribution in [1.82, 2.24) is 5.32 Å². The second-order valence-corrected chi connectivity index (χ2v) is 6.13. The Labute approximate surface area is 121 Å². The van der Waals surface area contributed by atoms with Crippen molar-refractivity contribution >= 4 is 11.6 Å². The average molecular weight is 282 g/mol. The van der Waals surface area contributed by atoms with E-state index in [1.165, 1.54) is 0 Å². The normalized spacial score (nSPS) is 11.4. The zero-order valence-electron chi connectivity index (χ0n) is 12.3. The van der Waals surface area contributed by atoms with Crippen LogP contribution < -0.4 is 10.1 Å². The molecule has 0 unspecified atom stereocenters. The van der Waals surface area contributed by atoms with Crippen LogP contribution in [0.4, 0.5) is 0 Å². The highest BCUT2D eigenvalue weighted by molar-refractivity contribution is 6.32. The van der Waals surface area contributed by atoms with Crippen LogP contribution in [-0.4, -0.2) is 12.1 Å². The summed E-state index contributed by atoms with van der Waals surface area (Å²) in [7, 11) is 0. The Kier molecular flexibility index (Phi) is 5.89. The van der Waals surface area contributed by atoms with Crippen LogP contribution in [0.15, 0.2) is 30.4 Å². The van der Waals surface area contributed by atoms with E-state index in [4.69, 9.17) is 16.3 Å². The van der Waals surface area contributed by atoms with Crippen molar-refractivity contribution in [2.24, 2.45) is 0 Å². The van der Waals surface area contributed by atoms with Crippen LogP contribution in [0, 0.1) is 0 Å². The molecule has 0 amide bonds. The Balaban J connectivity index is 2.80. The third-order valence-corrected chi connectivity index (χ3v) is 3.08. The number of hydrogen-bond acceptors (Lipinski definition) is 2. The number of para-hydroxylation sites is 1. The van der Waals surface area contributed by atoms with E-state index in [2.05, 4.69) is 39.6 Å². The molecule has 0 spiro atoms. The number of benzene rings is 1. The summed E-state index contributed by atoms with van der Waals surface area (Å²) in [5, 5.41) is 4.10. The molecule has 0 fully saturated rings. The van der Waals surface area contributed by atoms with E-state index in [0.29, 0.717) is 11.6 Å². The highest BCUT2D eigenvalue weighted by atomic mass is 35.5. The third kappa shape index (κ3) is 5.66. The number of rotatable bonds is 6. The summed E-state index contributed by atoms with van der Waals surface area (Å²) in [6, 6.07) is 5.84. The summed E-state index contributed by atoms with van der Waals surface area (Å²) in [4.78, 5) is 0. The Bertz CT molecular complexity index is 435. The van der Waals surface area contributed by atoms with E-state index < -0.39 is 0 Å². The van der Waals surface area contributed by atoms with Gasteiger partial charge in [-0.25, -0.2) is 0 Å². The molecular formula is C16H24ClNO. The van der Waals surface area contributed by atoms with Gasteiger partial charge in [-0.15, -0.1) is 0 Å². The molecule has 0 heterocycles. The van der Waals surface area contributed by atoms with E-state index >= 15 is 0 Å². The summed E-state index contributed by atoms with van der Waals surface area (Å²) in [5.74, 6) is 0.760. The van der Waals surface area contributed by atoms with E-state index in [1.807, 2.05) is 18.2 Å². The lowest BCUT2D eigenvalue weighted by atomic mass is 10.1. The highest BCUT2D eigenvalue weighted by Crippen LogP contribution is 2.29. The minimum Gasteiger partial charge on any atom is -0.487 e. The first kappa shape index (κ1) is 16.1. The van der Waals surface area contributed by atoms with Crippen LogP contribution in [0.1, 0.15) is 39.7 Å². The quantitative estimate of drug-likeness (QED) is 0.771. The van der Waals surface area contributed by atoms with Crippen LogP contribution in [0.25, 0.3) is 0 Å². The molecule has 3 heteroatoms.